The summed E-state index contributed by atoms with van der Waals surface area (Å²) in [5, 5.41) is 0. The van der Waals surface area contributed by atoms with Crippen LogP contribution in [0.3, 0.4) is 0 Å². The molecule has 0 N–H and O–H groups in total. The van der Waals surface area contributed by atoms with E-state index in [0.717, 1.165) is 0 Å². The zero-order valence-electron chi connectivity index (χ0n) is 8.80. The van der Waals surface area contributed by atoms with Crippen LogP contribution in [0.15, 0.2) is 0 Å². The molecule has 0 aliphatic carbocycles. The highest BCUT2D eigenvalue weighted by Crippen LogP contribution is 2.54. The summed E-state index contributed by atoms with van der Waals surface area (Å²) in [5.41, 5.74) is 0. The van der Waals surface area contributed by atoms with Gasteiger partial charge in [0, 0.05) is 6.42 Å². The third-order valence-electron chi connectivity index (χ3n) is 1.95. The van der Waals surface area contributed by atoms with Crippen molar-refractivity contribution in [3.8, 4) is 0 Å². The first-order valence-corrected chi connectivity index (χ1v) is 6.46. The average Bonchev–Trinajstić information content (AvgIpc) is 2.15. The number of rotatable bonds is 6. The van der Waals surface area contributed by atoms with E-state index in [1.165, 1.54) is 0 Å². The van der Waals surface area contributed by atoms with Gasteiger partial charge in [-0.05, 0) is 6.04 Å². The Morgan fingerprint density at radius 2 is 1.28 bits per heavy atom. The lowest BCUT2D eigenvalue weighted by Crippen LogP contribution is -2.60. The van der Waals surface area contributed by atoms with E-state index in [0.29, 0.717) is 0 Å². The van der Waals surface area contributed by atoms with Crippen molar-refractivity contribution in [2.75, 3.05) is 0 Å². The van der Waals surface area contributed by atoms with Crippen molar-refractivity contribution >= 4 is 20.2 Å². The fourth-order valence-corrected chi connectivity index (χ4v) is 2.35. The van der Waals surface area contributed by atoms with E-state index in [2.05, 4.69) is 4.12 Å². The second-order valence-corrected chi connectivity index (χ2v) is 6.09. The van der Waals surface area contributed by atoms with Crippen LogP contribution in [0.5, 0.6) is 0 Å². The van der Waals surface area contributed by atoms with Crippen LogP contribution in [0.2, 0.25) is 6.04 Å². The summed E-state index contributed by atoms with van der Waals surface area (Å²) in [6, 6.07) is -0.667. The predicted molar refractivity (Wildman–Crippen MR) is 48.5 cm³/mol. The van der Waals surface area contributed by atoms with Gasteiger partial charge in [-0.2, -0.15) is 39.5 Å². The van der Waals surface area contributed by atoms with Crippen LogP contribution in [0.1, 0.15) is 6.42 Å². The van der Waals surface area contributed by atoms with E-state index in [4.69, 9.17) is 0 Å². The molecule has 0 aliphatic heterocycles. The van der Waals surface area contributed by atoms with Gasteiger partial charge in [0.2, 0.25) is 0 Å². The Labute approximate surface area is 101 Å². The van der Waals surface area contributed by atoms with Crippen LogP contribution in [0.25, 0.3) is 0 Å². The molecule has 0 heterocycles. The third kappa shape index (κ3) is 3.20. The van der Waals surface area contributed by atoms with Crippen LogP contribution in [0.4, 0.5) is 39.5 Å². The van der Waals surface area contributed by atoms with E-state index in [-0.39, 0.29) is 10.5 Å². The van der Waals surface area contributed by atoms with Gasteiger partial charge >= 0.3 is 23.9 Å². The van der Waals surface area contributed by atoms with Crippen LogP contribution < -0.4 is 0 Å². The molecule has 1 nitrogen and oxygen atoms in total. The number of alkyl halides is 9. The van der Waals surface area contributed by atoms with Crippen molar-refractivity contribution in [1.82, 2.24) is 0 Å². The molecule has 0 bridgehead atoms. The molecule has 0 saturated heterocycles. The van der Waals surface area contributed by atoms with Gasteiger partial charge in [-0.3, -0.25) is 0 Å². The Balaban J connectivity index is 5.11. The summed E-state index contributed by atoms with van der Waals surface area (Å²) in [4.78, 5) is 0. The average molecular weight is 323 g/mol. The molecular formula is C6H8F9OSi2. The molecule has 0 spiro atoms. The molecular weight excluding hydrogens is 315 g/mol. The van der Waals surface area contributed by atoms with E-state index in [1.807, 2.05) is 0 Å². The van der Waals surface area contributed by atoms with Crippen molar-refractivity contribution in [2.24, 2.45) is 0 Å². The Kier molecular flexibility index (Phi) is 5.33. The molecule has 0 aromatic heterocycles. The van der Waals surface area contributed by atoms with Crippen LogP contribution >= 0.6 is 0 Å². The van der Waals surface area contributed by atoms with Crippen molar-refractivity contribution in [3.05, 3.63) is 0 Å². The largest absolute Gasteiger partial charge is 0.466 e. The van der Waals surface area contributed by atoms with Gasteiger partial charge in [-0.15, -0.1) is 0 Å². The van der Waals surface area contributed by atoms with Crippen molar-refractivity contribution in [1.29, 1.82) is 0 Å². The fourth-order valence-electron chi connectivity index (χ4n) is 0.923. The van der Waals surface area contributed by atoms with Crippen molar-refractivity contribution in [3.63, 3.8) is 0 Å². The topological polar surface area (TPSA) is 9.23 Å². The minimum Gasteiger partial charge on any atom is -0.466 e. The lowest BCUT2D eigenvalue weighted by molar-refractivity contribution is -0.396. The Morgan fingerprint density at radius 1 is 0.833 bits per heavy atom. The maximum atomic E-state index is 12.8. The lowest BCUT2D eigenvalue weighted by atomic mass is 10.0. The van der Waals surface area contributed by atoms with Crippen LogP contribution in [-0.2, 0) is 4.12 Å². The van der Waals surface area contributed by atoms with E-state index in [1.54, 1.807) is 0 Å². The normalized spacial score (nSPS) is 15.2. The first kappa shape index (κ1) is 17.8. The molecule has 0 rings (SSSR count). The highest BCUT2D eigenvalue weighted by Gasteiger charge is 2.81. The van der Waals surface area contributed by atoms with Crippen molar-refractivity contribution in [2.45, 2.75) is 36.4 Å². The molecule has 109 valence electrons. The number of hydrogen-bond donors (Lipinski definition) is 0. The molecule has 0 aliphatic rings. The second kappa shape index (κ2) is 5.40. The summed E-state index contributed by atoms with van der Waals surface area (Å²) in [6.45, 7) is 0. The van der Waals surface area contributed by atoms with Gasteiger partial charge in [-0.25, -0.2) is 0 Å². The molecule has 1 radical (unpaired) electrons. The quantitative estimate of drug-likeness (QED) is 0.412. The summed E-state index contributed by atoms with van der Waals surface area (Å²) in [5.74, 6) is -18.7. The van der Waals surface area contributed by atoms with Gasteiger partial charge in [0.05, 0.1) is 0 Å². The molecule has 0 aromatic carbocycles. The summed E-state index contributed by atoms with van der Waals surface area (Å²) in [7, 11) is -0.966. The first-order valence-electron chi connectivity index (χ1n) is 4.36. The Bertz CT molecular complexity index is 277. The van der Waals surface area contributed by atoms with Crippen LogP contribution in [0, 0.1) is 0 Å². The lowest BCUT2D eigenvalue weighted by Gasteiger charge is -2.33. The zero-order valence-corrected chi connectivity index (χ0v) is 12.0. The fraction of sp³-hybridized carbons (Fsp3) is 1.00. The molecule has 0 amide bonds. The molecule has 0 unspecified atom stereocenters. The van der Waals surface area contributed by atoms with Crippen molar-refractivity contribution < 1.29 is 43.6 Å². The Morgan fingerprint density at radius 3 is 1.61 bits per heavy atom. The van der Waals surface area contributed by atoms with E-state index in [9.17, 15) is 39.5 Å². The number of hydrogen-bond acceptors (Lipinski definition) is 1. The molecule has 0 saturated carbocycles. The van der Waals surface area contributed by atoms with Gasteiger partial charge in [0.25, 0.3) is 0 Å². The zero-order chi connectivity index (χ0) is 14.8. The van der Waals surface area contributed by atoms with Gasteiger partial charge in [0.1, 0.15) is 10.5 Å². The van der Waals surface area contributed by atoms with Crippen LogP contribution in [-0.4, -0.2) is 44.2 Å². The SMILES string of the molecule is FC(F)(F)C(F)(F)C(F)(F)C(F)(F)CC[SiH]O[SiH3]. The Hall–Kier alpha value is -0.236. The summed E-state index contributed by atoms with van der Waals surface area (Å²) >= 11 is 0. The van der Waals surface area contributed by atoms with Gasteiger partial charge in [-0.1, -0.05) is 0 Å². The van der Waals surface area contributed by atoms with Gasteiger partial charge in [0.15, 0.2) is 9.76 Å². The molecule has 0 atom stereocenters. The minimum atomic E-state index is -6.79. The maximum Gasteiger partial charge on any atom is 0.460 e. The summed E-state index contributed by atoms with van der Waals surface area (Å²) in [6.07, 6.45) is -8.54. The highest BCUT2D eigenvalue weighted by atomic mass is 28.3. The minimum absolute atomic E-state index is 0.140. The van der Waals surface area contributed by atoms with Gasteiger partial charge < -0.3 is 4.12 Å². The smallest absolute Gasteiger partial charge is 0.460 e. The first-order chi connectivity index (χ1) is 7.81. The maximum absolute atomic E-state index is 12.8. The standard InChI is InChI=1S/C6H8F9OSi2/c7-3(8,1-2-18-16-17)4(9,10)5(11,12)6(13,14)15/h18H,1-2H2,17H3. The molecule has 18 heavy (non-hydrogen) atoms. The highest BCUT2D eigenvalue weighted by molar-refractivity contribution is 6.34. The molecule has 0 aromatic rings. The third-order valence-corrected chi connectivity index (χ3v) is 3.81. The molecule has 0 fully saturated rings. The van der Waals surface area contributed by atoms with E-state index >= 15 is 0 Å². The number of halogens is 9. The summed E-state index contributed by atoms with van der Waals surface area (Å²) < 4.78 is 115. The second-order valence-electron chi connectivity index (χ2n) is 3.29. The molecule has 12 heteroatoms. The van der Waals surface area contributed by atoms with E-state index < -0.39 is 46.2 Å². The monoisotopic (exact) mass is 323 g/mol. The predicted octanol–water partition coefficient (Wildman–Crippen LogP) is 1.91.